The van der Waals surface area contributed by atoms with Crippen LogP contribution in [-0.4, -0.2) is 110 Å². The molecule has 1 heterocycles. The van der Waals surface area contributed by atoms with Crippen LogP contribution in [0, 0.1) is 0 Å². The third kappa shape index (κ3) is 27.5. The fraction of sp³-hybridized carbons (Fsp3) is 0.959. The molecular formula is C49H96N2O10. The topological polar surface area (TPSA) is 203 Å². The first-order valence-electron chi connectivity index (χ1n) is 25.5. The number of nitrogens with two attached hydrogens (primary N) is 1. The molecular weight excluding hydrogens is 777 g/mol. The molecule has 0 spiro atoms. The molecule has 61 heavy (non-hydrogen) atoms. The van der Waals surface area contributed by atoms with Gasteiger partial charge >= 0.3 is 6.03 Å². The van der Waals surface area contributed by atoms with Crippen molar-refractivity contribution in [2.45, 2.75) is 288 Å². The third-order valence-corrected chi connectivity index (χ3v) is 12.8. The highest BCUT2D eigenvalue weighted by molar-refractivity contribution is 5.94. The summed E-state index contributed by atoms with van der Waals surface area (Å²) in [4.78, 5) is 27.1. The maximum absolute atomic E-state index is 13.5. The number of carbonyl (C=O) groups excluding carboxylic acids is 2. The van der Waals surface area contributed by atoms with Gasteiger partial charge in [0.25, 0.3) is 0 Å². The van der Waals surface area contributed by atoms with Crippen LogP contribution in [0.4, 0.5) is 4.79 Å². The molecule has 0 unspecified atom stereocenters. The normalized spacial score (nSPS) is 20.8. The van der Waals surface area contributed by atoms with Crippen LogP contribution in [0.25, 0.3) is 0 Å². The largest absolute Gasteiger partial charge is 0.394 e. The molecule has 0 aliphatic carbocycles. The fourth-order valence-electron chi connectivity index (χ4n) is 8.65. The number of urea groups is 1. The summed E-state index contributed by atoms with van der Waals surface area (Å²) in [5.74, 6) is -0.607. The third-order valence-electron chi connectivity index (χ3n) is 12.8. The van der Waals surface area contributed by atoms with E-state index >= 15 is 0 Å². The molecule has 1 aliphatic heterocycles. The molecule has 0 saturated carbocycles. The monoisotopic (exact) mass is 873 g/mol. The number of hydrogen-bond acceptors (Lipinski definition) is 10. The summed E-state index contributed by atoms with van der Waals surface area (Å²) in [5, 5.41) is 63.0. The predicted octanol–water partition coefficient (Wildman–Crippen LogP) is 9.49. The van der Waals surface area contributed by atoms with Crippen LogP contribution in [0.1, 0.15) is 239 Å². The summed E-state index contributed by atoms with van der Waals surface area (Å²) < 4.78 is 11.2. The number of carbonyl (C=O) groups is 2. The first kappa shape index (κ1) is 57.6. The molecule has 12 nitrogen and oxygen atoms in total. The lowest BCUT2D eigenvalue weighted by molar-refractivity contribution is -0.304. The van der Waals surface area contributed by atoms with E-state index in [9.17, 15) is 40.2 Å². The van der Waals surface area contributed by atoms with Gasteiger partial charge in [-0.25, -0.2) is 4.79 Å². The van der Waals surface area contributed by atoms with Gasteiger partial charge in [0.15, 0.2) is 6.29 Å². The van der Waals surface area contributed by atoms with Crippen LogP contribution in [0.15, 0.2) is 0 Å². The second kappa shape index (κ2) is 39.0. The van der Waals surface area contributed by atoms with Crippen molar-refractivity contribution < 1.29 is 49.7 Å². The number of ether oxygens (including phenoxy) is 2. The van der Waals surface area contributed by atoms with E-state index in [1.165, 1.54) is 154 Å². The van der Waals surface area contributed by atoms with E-state index in [1.807, 2.05) is 0 Å². The van der Waals surface area contributed by atoms with Gasteiger partial charge in [0.05, 0.1) is 25.4 Å². The Kier molecular flexibility index (Phi) is 36.9. The van der Waals surface area contributed by atoms with Crippen molar-refractivity contribution in [2.75, 3.05) is 13.2 Å². The van der Waals surface area contributed by atoms with Gasteiger partial charge < -0.3 is 45.8 Å². The minimum absolute atomic E-state index is 0.0140. The Labute approximate surface area is 372 Å². The van der Waals surface area contributed by atoms with E-state index in [-0.39, 0.29) is 12.8 Å². The van der Waals surface area contributed by atoms with Gasteiger partial charge in [0.2, 0.25) is 5.91 Å². The lowest BCUT2D eigenvalue weighted by atomic mass is 9.97. The molecule has 0 aromatic carbocycles. The quantitative estimate of drug-likeness (QED) is 0.0290. The van der Waals surface area contributed by atoms with Gasteiger partial charge in [0, 0.05) is 6.42 Å². The Bertz CT molecular complexity index is 1020. The summed E-state index contributed by atoms with van der Waals surface area (Å²) in [6.45, 7) is 3.25. The molecule has 362 valence electrons. The predicted molar refractivity (Wildman–Crippen MR) is 245 cm³/mol. The van der Waals surface area contributed by atoms with Gasteiger partial charge in [-0.05, 0) is 12.8 Å². The lowest BCUT2D eigenvalue weighted by Crippen LogP contribution is -2.61. The molecule has 12 heteroatoms. The van der Waals surface area contributed by atoms with Crippen LogP contribution >= 0.6 is 0 Å². The highest BCUT2D eigenvalue weighted by Crippen LogP contribution is 2.25. The zero-order valence-corrected chi connectivity index (χ0v) is 39.1. The van der Waals surface area contributed by atoms with Crippen molar-refractivity contribution in [3.63, 3.8) is 0 Å². The number of unbranched alkanes of at least 4 members (excludes halogenated alkanes) is 31. The maximum Gasteiger partial charge on any atom is 0.321 e. The van der Waals surface area contributed by atoms with E-state index in [2.05, 4.69) is 13.8 Å². The number of rotatable bonds is 42. The summed E-state index contributed by atoms with van der Waals surface area (Å²) in [6, 6.07) is -2.52. The van der Waals surface area contributed by atoms with Gasteiger partial charge in [0.1, 0.15) is 30.5 Å². The molecule has 8 atom stereocenters. The van der Waals surface area contributed by atoms with E-state index in [1.54, 1.807) is 0 Å². The Hall–Kier alpha value is -1.38. The number of aliphatic hydroxyl groups is 6. The summed E-state index contributed by atoms with van der Waals surface area (Å²) in [6.07, 6.45) is 29.4. The zero-order chi connectivity index (χ0) is 44.9. The minimum atomic E-state index is -1.72. The van der Waals surface area contributed by atoms with Gasteiger partial charge in [-0.1, -0.05) is 219 Å². The lowest BCUT2D eigenvalue weighted by Gasteiger charge is -2.41. The zero-order valence-electron chi connectivity index (χ0n) is 39.1. The van der Waals surface area contributed by atoms with Crippen molar-refractivity contribution >= 4 is 11.9 Å². The average molecular weight is 873 g/mol. The minimum Gasteiger partial charge on any atom is -0.394 e. The molecule has 8 N–H and O–H groups in total. The number of imide groups is 1. The van der Waals surface area contributed by atoms with E-state index in [0.29, 0.717) is 12.8 Å². The number of amides is 3. The smallest absolute Gasteiger partial charge is 0.321 e. The van der Waals surface area contributed by atoms with E-state index < -0.39 is 74.1 Å². The molecule has 0 radical (unpaired) electrons. The van der Waals surface area contributed by atoms with Crippen molar-refractivity contribution in [3.8, 4) is 0 Å². The Balaban J connectivity index is 2.49. The van der Waals surface area contributed by atoms with Crippen molar-refractivity contribution in [1.29, 1.82) is 0 Å². The first-order valence-corrected chi connectivity index (χ1v) is 25.5. The van der Waals surface area contributed by atoms with Gasteiger partial charge in [-0.2, -0.15) is 0 Å². The van der Waals surface area contributed by atoms with Crippen LogP contribution in [0.2, 0.25) is 0 Å². The second-order valence-corrected chi connectivity index (χ2v) is 18.3. The van der Waals surface area contributed by atoms with Gasteiger partial charge in [-0.3, -0.25) is 9.69 Å². The van der Waals surface area contributed by atoms with Crippen molar-refractivity contribution in [3.05, 3.63) is 0 Å². The second-order valence-electron chi connectivity index (χ2n) is 18.3. The van der Waals surface area contributed by atoms with Crippen LogP contribution < -0.4 is 5.73 Å². The molecule has 1 saturated heterocycles. The van der Waals surface area contributed by atoms with Gasteiger partial charge in [-0.15, -0.1) is 0 Å². The average Bonchev–Trinajstić information content (AvgIpc) is 3.25. The molecule has 0 aromatic rings. The van der Waals surface area contributed by atoms with E-state index in [4.69, 9.17) is 15.2 Å². The Morgan fingerprint density at radius 1 is 0.557 bits per heavy atom. The summed E-state index contributed by atoms with van der Waals surface area (Å²) in [7, 11) is 0. The molecule has 1 aliphatic rings. The van der Waals surface area contributed by atoms with E-state index in [0.717, 1.165) is 49.8 Å². The first-order chi connectivity index (χ1) is 29.6. The Morgan fingerprint density at radius 3 is 1.28 bits per heavy atom. The highest BCUT2D eigenvalue weighted by atomic mass is 16.7. The molecule has 0 bridgehead atoms. The fourth-order valence-corrected chi connectivity index (χ4v) is 8.65. The van der Waals surface area contributed by atoms with Crippen molar-refractivity contribution in [2.24, 2.45) is 5.73 Å². The van der Waals surface area contributed by atoms with Crippen molar-refractivity contribution in [1.82, 2.24) is 4.90 Å². The number of nitrogens with zero attached hydrogens (tertiary/aromatic N) is 1. The van der Waals surface area contributed by atoms with Crippen LogP contribution in [0.3, 0.4) is 0 Å². The highest BCUT2D eigenvalue weighted by Gasteiger charge is 2.45. The SMILES string of the molecule is CCCCCCCCCCCCCCCCCCCCCCCC(=O)N(C(N)=O)[C@@H](CO[C@H]1O[C@H](CO)[C@H](O)[C@H](O)[C@H]1O)[C@H](O)[C@H](O)CCCCCCCCCCCCCC. The summed E-state index contributed by atoms with van der Waals surface area (Å²) in [5.41, 5.74) is 5.73. The Morgan fingerprint density at radius 2 is 0.918 bits per heavy atom. The number of primary amides is 1. The summed E-state index contributed by atoms with van der Waals surface area (Å²) >= 11 is 0. The molecule has 1 fully saturated rings. The standard InChI is InChI=1S/C49H96N2O10/c1-3-5-7-9-11-13-15-17-18-19-20-21-22-23-24-25-27-29-31-33-35-37-43(54)51(49(50)59)40(39-60-48-47(58)46(57)45(56)42(38-52)61-48)44(55)41(53)36-34-32-30-28-26-16-14-12-10-8-6-4-2/h40-42,44-48,52-53,55-58H,3-39H2,1-2H3,(H2,50,59)/t40-,41+,42+,44-,45-,46-,47+,48-/m0/s1. The molecule has 1 rings (SSSR count). The number of aliphatic hydroxyl groups excluding tert-OH is 6. The van der Waals surface area contributed by atoms with Crippen LogP contribution in [0.5, 0.6) is 0 Å². The molecule has 3 amide bonds. The van der Waals surface area contributed by atoms with Crippen LogP contribution in [-0.2, 0) is 14.3 Å². The molecule has 0 aromatic heterocycles. The number of hydrogen-bond donors (Lipinski definition) is 7. The maximum atomic E-state index is 13.5.